The average molecular weight is 405 g/mol. The number of nitrogens with one attached hydrogen (secondary N) is 1. The number of carbonyl (C=O) groups excluding carboxylic acids is 1. The van der Waals surface area contributed by atoms with E-state index >= 15 is 0 Å². The summed E-state index contributed by atoms with van der Waals surface area (Å²) in [4.78, 5) is 14.7. The summed E-state index contributed by atoms with van der Waals surface area (Å²) in [5, 5.41) is 4.52. The van der Waals surface area contributed by atoms with Gasteiger partial charge in [-0.2, -0.15) is 0 Å². The van der Waals surface area contributed by atoms with Gasteiger partial charge in [0, 0.05) is 34.6 Å². The van der Waals surface area contributed by atoms with Crippen LogP contribution >= 0.6 is 23.2 Å². The molecule has 0 unspecified atom stereocenters. The molecule has 0 atom stereocenters. The van der Waals surface area contributed by atoms with Crippen LogP contribution in [0.4, 0.5) is 0 Å². The number of nitrogens with zero attached hydrogens (tertiary/aromatic N) is 1. The summed E-state index contributed by atoms with van der Waals surface area (Å²) in [5.41, 5.74) is 2.29. The Balaban J connectivity index is 1.38. The minimum Gasteiger partial charge on any atom is -0.356 e. The maximum Gasteiger partial charge on any atom is 0.223 e. The summed E-state index contributed by atoms with van der Waals surface area (Å²) >= 11 is 12.5. The van der Waals surface area contributed by atoms with Crippen LogP contribution in [0.15, 0.2) is 48.5 Å². The standard InChI is InChI=1S/C22H26Cl2N2O/c23-20-9-4-10-21(24)19(20)16-26-14-11-18(12-15-26)22(27)25-13-5-8-17-6-2-1-3-7-17/h1-4,6-7,9-10,18H,5,8,11-16H2,(H,25,27). The number of likely N-dealkylation sites (tertiary alicyclic amines) is 1. The van der Waals surface area contributed by atoms with E-state index in [9.17, 15) is 4.79 Å². The van der Waals surface area contributed by atoms with E-state index in [1.165, 1.54) is 5.56 Å². The van der Waals surface area contributed by atoms with Crippen LogP contribution in [-0.4, -0.2) is 30.4 Å². The number of hydrogen-bond acceptors (Lipinski definition) is 2. The maximum absolute atomic E-state index is 12.4. The molecule has 3 nitrogen and oxygen atoms in total. The van der Waals surface area contributed by atoms with Crippen molar-refractivity contribution in [1.82, 2.24) is 10.2 Å². The summed E-state index contributed by atoms with van der Waals surface area (Å²) in [6.45, 7) is 3.26. The van der Waals surface area contributed by atoms with Gasteiger partial charge in [0.15, 0.2) is 0 Å². The molecule has 5 heteroatoms. The molecule has 3 rings (SSSR count). The van der Waals surface area contributed by atoms with Crippen molar-refractivity contribution in [1.29, 1.82) is 0 Å². The molecule has 0 radical (unpaired) electrons. The van der Waals surface area contributed by atoms with Crippen molar-refractivity contribution in [2.75, 3.05) is 19.6 Å². The molecule has 1 aliphatic heterocycles. The molecular formula is C22H26Cl2N2O. The lowest BCUT2D eigenvalue weighted by molar-refractivity contribution is -0.126. The average Bonchev–Trinajstić information content (AvgIpc) is 2.69. The van der Waals surface area contributed by atoms with Gasteiger partial charge in [-0.15, -0.1) is 0 Å². The van der Waals surface area contributed by atoms with Crippen molar-refractivity contribution in [3.8, 4) is 0 Å². The molecule has 1 aliphatic rings. The van der Waals surface area contributed by atoms with Gasteiger partial charge in [0.25, 0.3) is 0 Å². The fourth-order valence-electron chi connectivity index (χ4n) is 3.55. The van der Waals surface area contributed by atoms with Gasteiger partial charge in [-0.05, 0) is 56.5 Å². The van der Waals surface area contributed by atoms with Gasteiger partial charge in [-0.3, -0.25) is 9.69 Å². The van der Waals surface area contributed by atoms with E-state index in [1.54, 1.807) is 0 Å². The number of rotatable bonds is 7. The third-order valence-corrected chi connectivity index (χ3v) is 5.89. The molecule has 27 heavy (non-hydrogen) atoms. The van der Waals surface area contributed by atoms with Crippen LogP contribution in [0.5, 0.6) is 0 Å². The highest BCUT2D eigenvalue weighted by atomic mass is 35.5. The third-order valence-electron chi connectivity index (χ3n) is 5.19. The van der Waals surface area contributed by atoms with Gasteiger partial charge in [0.05, 0.1) is 0 Å². The highest BCUT2D eigenvalue weighted by molar-refractivity contribution is 6.35. The lowest BCUT2D eigenvalue weighted by atomic mass is 9.95. The number of amides is 1. The van der Waals surface area contributed by atoms with Gasteiger partial charge in [-0.25, -0.2) is 0 Å². The number of piperidine rings is 1. The minimum atomic E-state index is 0.111. The second-order valence-corrected chi connectivity index (χ2v) is 7.95. The van der Waals surface area contributed by atoms with E-state index in [-0.39, 0.29) is 11.8 Å². The van der Waals surface area contributed by atoms with E-state index in [0.717, 1.165) is 57.4 Å². The van der Waals surface area contributed by atoms with E-state index in [4.69, 9.17) is 23.2 Å². The Labute approximate surface area is 171 Å². The number of aryl methyl sites for hydroxylation is 1. The zero-order valence-electron chi connectivity index (χ0n) is 15.5. The Morgan fingerprint density at radius 1 is 1.00 bits per heavy atom. The van der Waals surface area contributed by atoms with Crippen LogP contribution in [0.2, 0.25) is 10.0 Å². The summed E-state index contributed by atoms with van der Waals surface area (Å²) in [5.74, 6) is 0.304. The Bertz CT molecular complexity index is 723. The molecule has 0 saturated carbocycles. The zero-order chi connectivity index (χ0) is 19.1. The fraction of sp³-hybridized carbons (Fsp3) is 0.409. The number of hydrogen-bond donors (Lipinski definition) is 1. The Morgan fingerprint density at radius 3 is 2.33 bits per heavy atom. The molecule has 1 amide bonds. The first-order chi connectivity index (χ1) is 13.1. The summed E-state index contributed by atoms with van der Waals surface area (Å²) < 4.78 is 0. The molecule has 1 saturated heterocycles. The SMILES string of the molecule is O=C(NCCCc1ccccc1)C1CCN(Cc2c(Cl)cccc2Cl)CC1. The largest absolute Gasteiger partial charge is 0.356 e. The summed E-state index contributed by atoms with van der Waals surface area (Å²) in [6, 6.07) is 16.0. The Morgan fingerprint density at radius 2 is 1.67 bits per heavy atom. The molecule has 2 aromatic rings. The van der Waals surface area contributed by atoms with E-state index in [1.807, 2.05) is 24.3 Å². The first kappa shape index (κ1) is 20.2. The molecule has 0 aliphatic carbocycles. The van der Waals surface area contributed by atoms with Crippen LogP contribution in [0.3, 0.4) is 0 Å². The molecule has 0 aromatic heterocycles. The van der Waals surface area contributed by atoms with E-state index < -0.39 is 0 Å². The van der Waals surface area contributed by atoms with Crippen molar-refractivity contribution in [3.05, 3.63) is 69.7 Å². The predicted molar refractivity (Wildman–Crippen MR) is 112 cm³/mol. The fourth-order valence-corrected chi connectivity index (χ4v) is 4.07. The highest BCUT2D eigenvalue weighted by Gasteiger charge is 2.25. The van der Waals surface area contributed by atoms with E-state index in [2.05, 4.69) is 34.5 Å². The maximum atomic E-state index is 12.4. The molecule has 0 spiro atoms. The van der Waals surface area contributed by atoms with Crippen LogP contribution in [-0.2, 0) is 17.8 Å². The zero-order valence-corrected chi connectivity index (χ0v) is 17.0. The first-order valence-electron chi connectivity index (χ1n) is 9.60. The Kier molecular flexibility index (Phi) is 7.57. The normalized spacial score (nSPS) is 15.6. The third kappa shape index (κ3) is 5.97. The molecule has 0 bridgehead atoms. The number of halogens is 2. The van der Waals surface area contributed by atoms with Crippen molar-refractivity contribution >= 4 is 29.1 Å². The monoisotopic (exact) mass is 404 g/mol. The second kappa shape index (κ2) is 10.1. The summed E-state index contributed by atoms with van der Waals surface area (Å²) in [6.07, 6.45) is 3.73. The van der Waals surface area contributed by atoms with Crippen LogP contribution in [0, 0.1) is 5.92 Å². The lowest BCUT2D eigenvalue weighted by Gasteiger charge is -2.31. The molecule has 2 aromatic carbocycles. The van der Waals surface area contributed by atoms with Gasteiger partial charge < -0.3 is 5.32 Å². The van der Waals surface area contributed by atoms with Crippen LogP contribution < -0.4 is 5.32 Å². The van der Waals surface area contributed by atoms with Crippen molar-refractivity contribution in [3.63, 3.8) is 0 Å². The van der Waals surface area contributed by atoms with Gasteiger partial charge in [0.1, 0.15) is 0 Å². The Hall–Kier alpha value is -1.55. The van der Waals surface area contributed by atoms with Gasteiger partial charge in [-0.1, -0.05) is 59.6 Å². The first-order valence-corrected chi connectivity index (χ1v) is 10.4. The molecule has 1 N–H and O–H groups in total. The predicted octanol–water partition coefficient (Wildman–Crippen LogP) is 4.95. The number of benzene rings is 2. The minimum absolute atomic E-state index is 0.111. The molecular weight excluding hydrogens is 379 g/mol. The highest BCUT2D eigenvalue weighted by Crippen LogP contribution is 2.27. The van der Waals surface area contributed by atoms with Gasteiger partial charge in [0.2, 0.25) is 5.91 Å². The molecule has 1 heterocycles. The van der Waals surface area contributed by atoms with Crippen molar-refractivity contribution in [2.24, 2.45) is 5.92 Å². The smallest absolute Gasteiger partial charge is 0.223 e. The van der Waals surface area contributed by atoms with E-state index in [0.29, 0.717) is 10.0 Å². The van der Waals surface area contributed by atoms with Crippen molar-refractivity contribution in [2.45, 2.75) is 32.2 Å². The number of carbonyl (C=O) groups is 1. The quantitative estimate of drug-likeness (QED) is 0.661. The molecule has 144 valence electrons. The second-order valence-electron chi connectivity index (χ2n) is 7.13. The van der Waals surface area contributed by atoms with Gasteiger partial charge >= 0.3 is 0 Å². The summed E-state index contributed by atoms with van der Waals surface area (Å²) in [7, 11) is 0. The molecule has 1 fully saturated rings. The van der Waals surface area contributed by atoms with Crippen molar-refractivity contribution < 1.29 is 4.79 Å². The van der Waals surface area contributed by atoms with Crippen LogP contribution in [0.25, 0.3) is 0 Å². The topological polar surface area (TPSA) is 32.3 Å². The van der Waals surface area contributed by atoms with Crippen LogP contribution in [0.1, 0.15) is 30.4 Å². The lowest BCUT2D eigenvalue weighted by Crippen LogP contribution is -2.40.